The van der Waals surface area contributed by atoms with Gasteiger partial charge in [-0.25, -0.2) is 9.67 Å². The maximum absolute atomic E-state index is 12.6. The quantitative estimate of drug-likeness (QED) is 0.550. The molecule has 2 heterocycles. The van der Waals surface area contributed by atoms with Gasteiger partial charge in [-0.1, -0.05) is 37.3 Å². The van der Waals surface area contributed by atoms with Crippen LogP contribution < -0.4 is 10.1 Å². The van der Waals surface area contributed by atoms with Crippen LogP contribution in [0.15, 0.2) is 54.6 Å². The van der Waals surface area contributed by atoms with Gasteiger partial charge in [0.1, 0.15) is 5.75 Å². The van der Waals surface area contributed by atoms with E-state index in [2.05, 4.69) is 17.3 Å². The van der Waals surface area contributed by atoms with E-state index in [1.54, 1.807) is 7.11 Å². The second-order valence-electron chi connectivity index (χ2n) is 6.70. The highest BCUT2D eigenvalue weighted by Gasteiger charge is 2.15. The molecule has 0 aliphatic carbocycles. The number of amides is 1. The number of hydrogen-bond donors (Lipinski definition) is 1. The largest absolute Gasteiger partial charge is 0.497 e. The van der Waals surface area contributed by atoms with E-state index in [1.165, 1.54) is 0 Å². The molecule has 2 aromatic heterocycles. The van der Waals surface area contributed by atoms with E-state index in [1.807, 2.05) is 59.3 Å². The summed E-state index contributed by atoms with van der Waals surface area (Å²) in [5.41, 5.74) is 2.63. The maximum atomic E-state index is 12.6. The van der Waals surface area contributed by atoms with Crippen molar-refractivity contribution in [3.63, 3.8) is 0 Å². The average molecular weight is 374 g/mol. The molecule has 1 N–H and O–H groups in total. The number of methoxy groups -OCH3 is 1. The Kier molecular flexibility index (Phi) is 4.93. The summed E-state index contributed by atoms with van der Waals surface area (Å²) >= 11 is 0. The normalized spacial score (nSPS) is 11.1. The standard InChI is InChI=1S/C22H22N4O2/c1-3-12-26-22-18(14-16-6-4-5-7-19(16)23-22)21(25-26)24-20(27)13-15-8-10-17(28-2)11-9-15/h4-11,14H,3,12-13H2,1-2H3,(H,24,25,27). The van der Waals surface area contributed by atoms with E-state index >= 15 is 0 Å². The Hall–Kier alpha value is -3.41. The monoisotopic (exact) mass is 374 g/mol. The lowest BCUT2D eigenvalue weighted by atomic mass is 10.1. The Balaban J connectivity index is 1.64. The van der Waals surface area contributed by atoms with Crippen LogP contribution in [0.5, 0.6) is 5.75 Å². The molecular formula is C22H22N4O2. The molecule has 4 aromatic rings. The molecule has 4 rings (SSSR count). The number of fused-ring (bicyclic) bond motifs is 2. The lowest BCUT2D eigenvalue weighted by Gasteiger charge is -2.05. The number of anilines is 1. The van der Waals surface area contributed by atoms with Crippen molar-refractivity contribution in [2.45, 2.75) is 26.3 Å². The highest BCUT2D eigenvalue weighted by atomic mass is 16.5. The van der Waals surface area contributed by atoms with Gasteiger partial charge in [0.25, 0.3) is 0 Å². The fourth-order valence-electron chi connectivity index (χ4n) is 3.26. The molecule has 1 amide bonds. The number of para-hydroxylation sites is 1. The summed E-state index contributed by atoms with van der Waals surface area (Å²) in [5.74, 6) is 1.22. The van der Waals surface area contributed by atoms with E-state index in [-0.39, 0.29) is 12.3 Å². The molecule has 0 aliphatic rings. The molecule has 0 aliphatic heterocycles. The predicted octanol–water partition coefficient (Wildman–Crippen LogP) is 4.18. The van der Waals surface area contributed by atoms with E-state index in [0.717, 1.165) is 46.2 Å². The summed E-state index contributed by atoms with van der Waals surface area (Å²) in [6, 6.07) is 17.5. The second-order valence-corrected chi connectivity index (χ2v) is 6.70. The number of hydrogen-bond acceptors (Lipinski definition) is 4. The maximum Gasteiger partial charge on any atom is 0.230 e. The van der Waals surface area contributed by atoms with Gasteiger partial charge in [-0.2, -0.15) is 5.10 Å². The molecule has 0 unspecified atom stereocenters. The SMILES string of the molecule is CCCn1nc(NC(=O)Cc2ccc(OC)cc2)c2cc3ccccc3nc21. The third kappa shape index (κ3) is 3.53. The Labute approximate surface area is 163 Å². The Morgan fingerprint density at radius 3 is 2.68 bits per heavy atom. The first-order chi connectivity index (χ1) is 13.7. The van der Waals surface area contributed by atoms with E-state index in [0.29, 0.717) is 5.82 Å². The fraction of sp³-hybridized carbons (Fsp3) is 0.227. The first kappa shape index (κ1) is 18.0. The van der Waals surface area contributed by atoms with Crippen LogP contribution in [0.3, 0.4) is 0 Å². The van der Waals surface area contributed by atoms with Crippen LogP contribution in [-0.2, 0) is 17.8 Å². The Morgan fingerprint density at radius 2 is 1.93 bits per heavy atom. The minimum absolute atomic E-state index is 0.110. The molecule has 0 radical (unpaired) electrons. The first-order valence-corrected chi connectivity index (χ1v) is 9.37. The Bertz CT molecular complexity index is 1130. The number of ether oxygens (including phenoxy) is 1. The number of aromatic nitrogens is 3. The highest BCUT2D eigenvalue weighted by molar-refractivity contribution is 6.03. The van der Waals surface area contributed by atoms with Crippen molar-refractivity contribution >= 4 is 33.7 Å². The van der Waals surface area contributed by atoms with Crippen molar-refractivity contribution in [2.75, 3.05) is 12.4 Å². The number of rotatable bonds is 6. The molecule has 0 saturated carbocycles. The van der Waals surface area contributed by atoms with Gasteiger partial charge in [-0.05, 0) is 36.2 Å². The number of nitrogens with one attached hydrogen (secondary N) is 1. The number of benzene rings is 2. The summed E-state index contributed by atoms with van der Waals surface area (Å²) < 4.78 is 7.02. The molecule has 6 nitrogen and oxygen atoms in total. The first-order valence-electron chi connectivity index (χ1n) is 9.37. The smallest absolute Gasteiger partial charge is 0.230 e. The van der Waals surface area contributed by atoms with Crippen molar-refractivity contribution in [1.29, 1.82) is 0 Å². The van der Waals surface area contributed by atoms with Gasteiger partial charge < -0.3 is 10.1 Å². The summed E-state index contributed by atoms with van der Waals surface area (Å²) in [6.45, 7) is 2.84. The van der Waals surface area contributed by atoms with Crippen LogP contribution in [0.1, 0.15) is 18.9 Å². The molecule has 0 saturated heterocycles. The van der Waals surface area contributed by atoms with Crippen molar-refractivity contribution < 1.29 is 9.53 Å². The lowest BCUT2D eigenvalue weighted by molar-refractivity contribution is -0.115. The Morgan fingerprint density at radius 1 is 1.14 bits per heavy atom. The van der Waals surface area contributed by atoms with E-state index in [4.69, 9.17) is 9.72 Å². The highest BCUT2D eigenvalue weighted by Crippen LogP contribution is 2.26. The van der Waals surface area contributed by atoms with Crippen molar-refractivity contribution in [2.24, 2.45) is 0 Å². The molecule has 0 bridgehead atoms. The van der Waals surface area contributed by atoms with Crippen LogP contribution in [0.4, 0.5) is 5.82 Å². The zero-order valence-electron chi connectivity index (χ0n) is 16.0. The van der Waals surface area contributed by atoms with Gasteiger partial charge in [0.2, 0.25) is 5.91 Å². The predicted molar refractivity (Wildman–Crippen MR) is 111 cm³/mol. The topological polar surface area (TPSA) is 69.0 Å². The van der Waals surface area contributed by atoms with Gasteiger partial charge in [-0.3, -0.25) is 4.79 Å². The van der Waals surface area contributed by atoms with Gasteiger partial charge in [0.05, 0.1) is 24.4 Å². The number of carbonyl (C=O) groups is 1. The molecule has 28 heavy (non-hydrogen) atoms. The lowest BCUT2D eigenvalue weighted by Crippen LogP contribution is -2.15. The minimum Gasteiger partial charge on any atom is -0.497 e. The number of carbonyl (C=O) groups excluding carboxylic acids is 1. The van der Waals surface area contributed by atoms with Crippen LogP contribution in [0, 0.1) is 0 Å². The molecule has 142 valence electrons. The number of pyridine rings is 1. The van der Waals surface area contributed by atoms with Crippen LogP contribution in [0.25, 0.3) is 21.9 Å². The van der Waals surface area contributed by atoms with Gasteiger partial charge in [0.15, 0.2) is 11.5 Å². The zero-order chi connectivity index (χ0) is 19.5. The summed E-state index contributed by atoms with van der Waals surface area (Å²) in [4.78, 5) is 17.4. The number of nitrogens with zero attached hydrogens (tertiary/aromatic N) is 3. The molecule has 0 fully saturated rings. The van der Waals surface area contributed by atoms with Crippen molar-refractivity contribution in [3.8, 4) is 5.75 Å². The summed E-state index contributed by atoms with van der Waals surface area (Å²) in [6.07, 6.45) is 1.21. The molecule has 0 spiro atoms. The molecular weight excluding hydrogens is 352 g/mol. The zero-order valence-corrected chi connectivity index (χ0v) is 16.0. The van der Waals surface area contributed by atoms with Gasteiger partial charge >= 0.3 is 0 Å². The third-order valence-electron chi connectivity index (χ3n) is 4.64. The van der Waals surface area contributed by atoms with E-state index in [9.17, 15) is 4.79 Å². The third-order valence-corrected chi connectivity index (χ3v) is 4.64. The average Bonchev–Trinajstić information content (AvgIpc) is 3.03. The second kappa shape index (κ2) is 7.68. The van der Waals surface area contributed by atoms with Gasteiger partial charge in [0, 0.05) is 11.9 Å². The van der Waals surface area contributed by atoms with Crippen molar-refractivity contribution in [1.82, 2.24) is 14.8 Å². The fourth-order valence-corrected chi connectivity index (χ4v) is 3.26. The van der Waals surface area contributed by atoms with E-state index < -0.39 is 0 Å². The van der Waals surface area contributed by atoms with Crippen LogP contribution in [-0.4, -0.2) is 27.8 Å². The van der Waals surface area contributed by atoms with Gasteiger partial charge in [-0.15, -0.1) is 0 Å². The van der Waals surface area contributed by atoms with Crippen LogP contribution in [0.2, 0.25) is 0 Å². The molecule has 6 heteroatoms. The van der Waals surface area contributed by atoms with Crippen LogP contribution >= 0.6 is 0 Å². The minimum atomic E-state index is -0.110. The number of aryl methyl sites for hydroxylation is 1. The molecule has 2 aromatic carbocycles. The molecule has 0 atom stereocenters. The van der Waals surface area contributed by atoms with Crippen molar-refractivity contribution in [3.05, 3.63) is 60.2 Å². The summed E-state index contributed by atoms with van der Waals surface area (Å²) in [7, 11) is 1.62. The summed E-state index contributed by atoms with van der Waals surface area (Å²) in [5, 5.41) is 9.46.